The van der Waals surface area contributed by atoms with Crippen molar-refractivity contribution in [1.29, 1.82) is 0 Å². The Morgan fingerprint density at radius 3 is 2.51 bits per heavy atom. The van der Waals surface area contributed by atoms with Gasteiger partial charge in [-0.05, 0) is 66.8 Å². The number of primary amides is 1. The Labute approximate surface area is 238 Å². The third-order valence-electron chi connectivity index (χ3n) is 7.12. The highest BCUT2D eigenvalue weighted by Crippen LogP contribution is 2.40. The molecule has 2 atom stereocenters. The van der Waals surface area contributed by atoms with Gasteiger partial charge in [0.05, 0.1) is 18.2 Å². The number of nitrogens with zero attached hydrogens (tertiary/aromatic N) is 1. The van der Waals surface area contributed by atoms with Crippen LogP contribution in [0.15, 0.2) is 59.5 Å². The molecule has 0 saturated heterocycles. The summed E-state index contributed by atoms with van der Waals surface area (Å²) >= 11 is 6.18. The van der Waals surface area contributed by atoms with Crippen LogP contribution in [-0.4, -0.2) is 41.9 Å². The van der Waals surface area contributed by atoms with Gasteiger partial charge < -0.3 is 20.5 Å². The Morgan fingerprint density at radius 2 is 1.85 bits per heavy atom. The highest BCUT2D eigenvalue weighted by atomic mass is 35.5. The number of ether oxygens (including phenoxy) is 2. The third-order valence-corrected chi connectivity index (χ3v) is 7.36. The van der Waals surface area contributed by atoms with E-state index in [0.29, 0.717) is 27.4 Å². The molecule has 8 nitrogen and oxygen atoms in total. The molecule has 5 rings (SSSR count). The first-order valence-corrected chi connectivity index (χ1v) is 13.4. The number of carbonyl (C=O) groups is 2. The van der Waals surface area contributed by atoms with E-state index in [1.807, 2.05) is 0 Å². The molecule has 3 aromatic rings. The Kier molecular flexibility index (Phi) is 8.10. The lowest BCUT2D eigenvalue weighted by Crippen LogP contribution is -2.35. The van der Waals surface area contributed by atoms with Gasteiger partial charge in [-0.2, -0.15) is 13.2 Å². The Morgan fingerprint density at radius 1 is 1.12 bits per heavy atom. The van der Waals surface area contributed by atoms with E-state index in [9.17, 15) is 27.6 Å². The average Bonchev–Trinajstić information content (AvgIpc) is 3.73. The quantitative estimate of drug-likeness (QED) is 0.378. The molecule has 1 fully saturated rings. The van der Waals surface area contributed by atoms with Crippen molar-refractivity contribution in [1.82, 2.24) is 4.57 Å². The smallest absolute Gasteiger partial charge is 0.395 e. The molecule has 2 amide bonds. The molecule has 41 heavy (non-hydrogen) atoms. The van der Waals surface area contributed by atoms with Crippen LogP contribution in [0.25, 0.3) is 11.1 Å². The molecule has 1 aromatic heterocycles. The number of amides is 2. The first-order valence-electron chi connectivity index (χ1n) is 13.1. The van der Waals surface area contributed by atoms with E-state index in [1.165, 1.54) is 54.7 Å². The summed E-state index contributed by atoms with van der Waals surface area (Å²) in [6, 6.07) is 10.6. The third kappa shape index (κ3) is 6.74. The number of hydrogen-bond acceptors (Lipinski definition) is 5. The Balaban J connectivity index is 1.52. The molecule has 1 saturated carbocycles. The van der Waals surface area contributed by atoms with Crippen molar-refractivity contribution in [3.8, 4) is 16.9 Å². The fourth-order valence-electron chi connectivity index (χ4n) is 4.72. The largest absolute Gasteiger partial charge is 0.491 e. The number of benzene rings is 2. The molecular formula is C29H27ClF3N3O5. The number of rotatable bonds is 8. The van der Waals surface area contributed by atoms with Crippen LogP contribution in [0.2, 0.25) is 5.02 Å². The van der Waals surface area contributed by atoms with Crippen LogP contribution in [0.5, 0.6) is 5.75 Å². The number of nitrogens with one attached hydrogen (secondary N) is 1. The number of nitrogens with two attached hydrogens (primary N) is 1. The van der Waals surface area contributed by atoms with Gasteiger partial charge in [0.2, 0.25) is 11.8 Å². The van der Waals surface area contributed by atoms with Crippen molar-refractivity contribution in [2.24, 2.45) is 11.7 Å². The predicted molar refractivity (Wildman–Crippen MR) is 146 cm³/mol. The number of alkyl halides is 3. The summed E-state index contributed by atoms with van der Waals surface area (Å²) in [5.41, 5.74) is 6.37. The summed E-state index contributed by atoms with van der Waals surface area (Å²) in [5, 5.41) is 3.02. The maximum atomic E-state index is 13.8. The van der Waals surface area contributed by atoms with Gasteiger partial charge in [0.25, 0.3) is 5.56 Å². The minimum atomic E-state index is -4.52. The number of fused-ring (bicyclic) bond motifs is 3. The van der Waals surface area contributed by atoms with Crippen LogP contribution >= 0.6 is 11.6 Å². The highest BCUT2D eigenvalue weighted by molar-refractivity contribution is 6.30. The number of carbonyl (C=O) groups excluding carboxylic acids is 2. The average molecular weight is 590 g/mol. The van der Waals surface area contributed by atoms with Gasteiger partial charge in [0.15, 0.2) is 0 Å². The molecule has 2 aromatic carbocycles. The standard InChI is InChI=1S/C29H27ClF3N3O5/c30-19-4-1-17-11-18(29(31,32)33)15-41-25-14-36(26(37)13-23(25)22(17)12-19)24(9-10-40-21-7-8-21)28(39)35-20-5-2-16(3-6-20)27(34)38/h1-6,12-14,18,21,24H,7-11,15H2,(H2,34,38)(H,35,39). The molecule has 0 bridgehead atoms. The van der Waals surface area contributed by atoms with Crippen molar-refractivity contribution in [3.05, 3.63) is 81.2 Å². The molecule has 216 valence electrons. The van der Waals surface area contributed by atoms with Crippen LogP contribution in [0.3, 0.4) is 0 Å². The minimum Gasteiger partial charge on any atom is -0.491 e. The zero-order chi connectivity index (χ0) is 29.3. The maximum absolute atomic E-state index is 13.8. The van der Waals surface area contributed by atoms with Crippen LogP contribution in [0, 0.1) is 5.92 Å². The number of halogens is 4. The van der Waals surface area contributed by atoms with Gasteiger partial charge in [0.1, 0.15) is 18.4 Å². The number of pyridine rings is 1. The van der Waals surface area contributed by atoms with Crippen molar-refractivity contribution >= 4 is 29.1 Å². The Bertz CT molecular complexity index is 1520. The maximum Gasteiger partial charge on any atom is 0.395 e. The zero-order valence-electron chi connectivity index (χ0n) is 21.7. The molecule has 1 aliphatic carbocycles. The summed E-state index contributed by atoms with van der Waals surface area (Å²) in [6.07, 6.45) is -1.52. The molecule has 2 aliphatic rings. The second-order valence-electron chi connectivity index (χ2n) is 10.2. The van der Waals surface area contributed by atoms with Crippen LogP contribution in [0.1, 0.15) is 41.2 Å². The van der Waals surface area contributed by atoms with Gasteiger partial charge in [-0.25, -0.2) is 0 Å². The van der Waals surface area contributed by atoms with Crippen molar-refractivity contribution in [2.75, 3.05) is 18.5 Å². The lowest BCUT2D eigenvalue weighted by Gasteiger charge is -2.27. The fourth-order valence-corrected chi connectivity index (χ4v) is 4.89. The second kappa shape index (κ2) is 11.6. The fraction of sp³-hybridized carbons (Fsp3) is 0.345. The molecule has 1 aliphatic heterocycles. The van der Waals surface area contributed by atoms with E-state index in [0.717, 1.165) is 17.4 Å². The monoisotopic (exact) mass is 589 g/mol. The van der Waals surface area contributed by atoms with E-state index in [1.54, 1.807) is 0 Å². The van der Waals surface area contributed by atoms with E-state index in [4.69, 9.17) is 26.8 Å². The van der Waals surface area contributed by atoms with E-state index in [-0.39, 0.29) is 36.9 Å². The number of aromatic nitrogens is 1. The Hall–Kier alpha value is -3.83. The van der Waals surface area contributed by atoms with Crippen LogP contribution < -0.4 is 21.3 Å². The normalized spacial score (nSPS) is 17.3. The first-order chi connectivity index (χ1) is 19.5. The molecular weight excluding hydrogens is 563 g/mol. The lowest BCUT2D eigenvalue weighted by atomic mass is 9.91. The number of anilines is 1. The molecule has 2 unspecified atom stereocenters. The topological polar surface area (TPSA) is 113 Å². The molecule has 0 radical (unpaired) electrons. The van der Waals surface area contributed by atoms with Crippen LogP contribution in [0.4, 0.5) is 18.9 Å². The SMILES string of the molecule is NC(=O)c1ccc(NC(=O)C(CCOC2CC2)n2cc3c(cc2=O)-c2cc(Cl)ccc2CC(C(F)(F)F)CO3)cc1. The summed E-state index contributed by atoms with van der Waals surface area (Å²) in [7, 11) is 0. The first kappa shape index (κ1) is 28.7. The van der Waals surface area contributed by atoms with Gasteiger partial charge in [-0.1, -0.05) is 17.7 Å². The van der Waals surface area contributed by atoms with Crippen molar-refractivity contribution in [2.45, 2.75) is 44.0 Å². The van der Waals surface area contributed by atoms with Gasteiger partial charge in [0, 0.05) is 40.9 Å². The summed E-state index contributed by atoms with van der Waals surface area (Å²) in [6.45, 7) is -0.479. The van der Waals surface area contributed by atoms with Gasteiger partial charge >= 0.3 is 6.18 Å². The molecule has 3 N–H and O–H groups in total. The lowest BCUT2D eigenvalue weighted by molar-refractivity contribution is -0.181. The van der Waals surface area contributed by atoms with Crippen molar-refractivity contribution < 1.29 is 32.2 Å². The summed E-state index contributed by atoms with van der Waals surface area (Å²) in [5.74, 6) is -2.94. The molecule has 0 spiro atoms. The van der Waals surface area contributed by atoms with Crippen molar-refractivity contribution in [3.63, 3.8) is 0 Å². The number of hydrogen-bond donors (Lipinski definition) is 2. The van der Waals surface area contributed by atoms with Gasteiger partial charge in [-0.15, -0.1) is 0 Å². The second-order valence-corrected chi connectivity index (χ2v) is 10.6. The summed E-state index contributed by atoms with van der Waals surface area (Å²) < 4.78 is 54.0. The van der Waals surface area contributed by atoms with E-state index >= 15 is 0 Å². The zero-order valence-corrected chi connectivity index (χ0v) is 22.5. The van der Waals surface area contributed by atoms with E-state index in [2.05, 4.69) is 5.32 Å². The predicted octanol–water partition coefficient (Wildman–Crippen LogP) is 5.13. The highest BCUT2D eigenvalue weighted by Gasteiger charge is 2.41. The van der Waals surface area contributed by atoms with E-state index < -0.39 is 42.1 Å². The summed E-state index contributed by atoms with van der Waals surface area (Å²) in [4.78, 5) is 38.3. The molecule has 2 heterocycles. The minimum absolute atomic E-state index is 0.0220. The van der Waals surface area contributed by atoms with Crippen LogP contribution in [-0.2, 0) is 16.0 Å². The van der Waals surface area contributed by atoms with Gasteiger partial charge in [-0.3, -0.25) is 19.0 Å². The molecule has 12 heteroatoms.